The highest BCUT2D eigenvalue weighted by molar-refractivity contribution is 7.89. The summed E-state index contributed by atoms with van der Waals surface area (Å²) in [6.45, 7) is 0.449. The second-order valence-corrected chi connectivity index (χ2v) is 6.81. The maximum absolute atomic E-state index is 12.5. The number of benzene rings is 1. The lowest BCUT2D eigenvalue weighted by Crippen LogP contribution is -2.46. The molecule has 0 radical (unpaired) electrons. The molecule has 1 heterocycles. The van der Waals surface area contributed by atoms with Gasteiger partial charge in [-0.1, -0.05) is 24.4 Å². The van der Waals surface area contributed by atoms with E-state index < -0.39 is 16.1 Å². The summed E-state index contributed by atoms with van der Waals surface area (Å²) in [6.07, 6.45) is -0.489. The van der Waals surface area contributed by atoms with Gasteiger partial charge in [0.2, 0.25) is 10.0 Å². The van der Waals surface area contributed by atoms with Crippen LogP contribution in [-0.2, 0) is 14.8 Å². The number of rotatable bonds is 4. The van der Waals surface area contributed by atoms with Crippen LogP contribution in [-0.4, -0.2) is 55.2 Å². The number of aliphatic hydroxyl groups is 1. The minimum Gasteiger partial charge on any atom is -0.394 e. The molecule has 3 N–H and O–H groups in total. The zero-order chi connectivity index (χ0) is 14.8. The molecule has 0 aromatic heterocycles. The first-order valence-electron chi connectivity index (χ1n) is 6.07. The van der Waals surface area contributed by atoms with Crippen LogP contribution < -0.4 is 5.73 Å². The first kappa shape index (κ1) is 15.3. The van der Waals surface area contributed by atoms with Crippen molar-refractivity contribution < 1.29 is 18.3 Å². The van der Waals surface area contributed by atoms with E-state index >= 15 is 0 Å². The quantitative estimate of drug-likeness (QED) is 0.741. The Morgan fingerprint density at radius 1 is 1.55 bits per heavy atom. The highest BCUT2D eigenvalue weighted by Crippen LogP contribution is 2.19. The van der Waals surface area contributed by atoms with Crippen molar-refractivity contribution in [1.82, 2.24) is 4.31 Å². The molecule has 0 saturated carbocycles. The van der Waals surface area contributed by atoms with Gasteiger partial charge in [-0.05, 0) is 12.1 Å². The number of hydrogen-bond donors (Lipinski definition) is 2. The van der Waals surface area contributed by atoms with Gasteiger partial charge < -0.3 is 15.6 Å². The number of morpholine rings is 1. The highest BCUT2D eigenvalue weighted by atomic mass is 32.2. The standard InChI is InChI=1S/C12H16N2O4S2/c13-12(19)9-2-1-3-11(6-9)20(16,17)14-4-5-18-10(7-14)8-15/h1-3,6,10,15H,4-5,7-8H2,(H2,13,19). The van der Waals surface area contributed by atoms with E-state index in [1.54, 1.807) is 12.1 Å². The fourth-order valence-electron chi connectivity index (χ4n) is 1.98. The molecule has 0 aliphatic carbocycles. The molecule has 0 spiro atoms. The van der Waals surface area contributed by atoms with Crippen molar-refractivity contribution in [2.45, 2.75) is 11.0 Å². The lowest BCUT2D eigenvalue weighted by atomic mass is 10.2. The average Bonchev–Trinajstić information content (AvgIpc) is 2.47. The van der Waals surface area contributed by atoms with E-state index in [0.29, 0.717) is 5.56 Å². The van der Waals surface area contributed by atoms with Crippen LogP contribution in [0.15, 0.2) is 29.2 Å². The van der Waals surface area contributed by atoms with Gasteiger partial charge >= 0.3 is 0 Å². The fourth-order valence-corrected chi connectivity index (χ4v) is 3.61. The number of hydrogen-bond acceptors (Lipinski definition) is 5. The summed E-state index contributed by atoms with van der Waals surface area (Å²) >= 11 is 4.85. The smallest absolute Gasteiger partial charge is 0.243 e. The fraction of sp³-hybridized carbons (Fsp3) is 0.417. The minimum absolute atomic E-state index is 0.135. The van der Waals surface area contributed by atoms with E-state index in [1.165, 1.54) is 16.4 Å². The summed E-state index contributed by atoms with van der Waals surface area (Å²) < 4.78 is 31.6. The van der Waals surface area contributed by atoms with Gasteiger partial charge in [-0.15, -0.1) is 0 Å². The molecule has 8 heteroatoms. The third-order valence-corrected chi connectivity index (χ3v) is 5.16. The van der Waals surface area contributed by atoms with E-state index in [2.05, 4.69) is 0 Å². The van der Waals surface area contributed by atoms with Gasteiger partial charge in [0.05, 0.1) is 24.2 Å². The molecular weight excluding hydrogens is 300 g/mol. The average molecular weight is 316 g/mol. The zero-order valence-corrected chi connectivity index (χ0v) is 12.4. The topological polar surface area (TPSA) is 92.9 Å². The van der Waals surface area contributed by atoms with Crippen molar-refractivity contribution in [3.8, 4) is 0 Å². The summed E-state index contributed by atoms with van der Waals surface area (Å²) in [5.41, 5.74) is 6.03. The van der Waals surface area contributed by atoms with E-state index in [4.69, 9.17) is 27.8 Å². The van der Waals surface area contributed by atoms with Gasteiger partial charge in [0.15, 0.2) is 0 Å². The molecule has 2 rings (SSSR count). The number of nitrogens with two attached hydrogens (primary N) is 1. The summed E-state index contributed by atoms with van der Waals surface area (Å²) in [6, 6.07) is 6.23. The third kappa shape index (κ3) is 3.15. The van der Waals surface area contributed by atoms with Crippen molar-refractivity contribution in [1.29, 1.82) is 0 Å². The highest BCUT2D eigenvalue weighted by Gasteiger charge is 2.30. The molecule has 1 unspecified atom stereocenters. The molecule has 110 valence electrons. The van der Waals surface area contributed by atoms with Gasteiger partial charge in [-0.2, -0.15) is 4.31 Å². The maximum atomic E-state index is 12.5. The molecule has 1 aromatic rings. The summed E-state index contributed by atoms with van der Waals surface area (Å²) in [4.78, 5) is 0.290. The number of aliphatic hydroxyl groups excluding tert-OH is 1. The monoisotopic (exact) mass is 316 g/mol. The Morgan fingerprint density at radius 2 is 2.30 bits per heavy atom. The molecule has 6 nitrogen and oxygen atoms in total. The van der Waals surface area contributed by atoms with Crippen LogP contribution in [0.5, 0.6) is 0 Å². The van der Waals surface area contributed by atoms with Crippen molar-refractivity contribution >= 4 is 27.2 Å². The Balaban J connectivity index is 2.30. The lowest BCUT2D eigenvalue weighted by Gasteiger charge is -2.31. The number of nitrogens with zero attached hydrogens (tertiary/aromatic N) is 1. The number of sulfonamides is 1. The van der Waals surface area contributed by atoms with Crippen molar-refractivity contribution in [3.05, 3.63) is 29.8 Å². The van der Waals surface area contributed by atoms with E-state index in [-0.39, 0.29) is 36.2 Å². The predicted molar refractivity (Wildman–Crippen MR) is 77.9 cm³/mol. The van der Waals surface area contributed by atoms with Crippen molar-refractivity contribution in [2.24, 2.45) is 5.73 Å². The summed E-state index contributed by atoms with van der Waals surface area (Å²) in [5.74, 6) is 0. The van der Waals surface area contributed by atoms with Gasteiger partial charge in [-0.3, -0.25) is 0 Å². The van der Waals surface area contributed by atoms with Crippen LogP contribution in [0.1, 0.15) is 5.56 Å². The second kappa shape index (κ2) is 6.15. The van der Waals surface area contributed by atoms with Crippen LogP contribution in [0.3, 0.4) is 0 Å². The van der Waals surface area contributed by atoms with E-state index in [9.17, 15) is 8.42 Å². The van der Waals surface area contributed by atoms with Gasteiger partial charge in [-0.25, -0.2) is 8.42 Å². The Labute approximate surface area is 123 Å². The Morgan fingerprint density at radius 3 is 2.95 bits per heavy atom. The van der Waals surface area contributed by atoms with Crippen LogP contribution >= 0.6 is 12.2 Å². The zero-order valence-electron chi connectivity index (χ0n) is 10.7. The van der Waals surface area contributed by atoms with Crippen molar-refractivity contribution in [2.75, 3.05) is 26.3 Å². The van der Waals surface area contributed by atoms with Gasteiger partial charge in [0.1, 0.15) is 4.99 Å². The van der Waals surface area contributed by atoms with Crippen LogP contribution in [0, 0.1) is 0 Å². The van der Waals surface area contributed by atoms with Gasteiger partial charge in [0.25, 0.3) is 0 Å². The predicted octanol–water partition coefficient (Wildman–Crippen LogP) is -0.297. The first-order chi connectivity index (χ1) is 9.45. The molecule has 0 amide bonds. The number of thiocarbonyl (C=S) groups is 1. The molecule has 20 heavy (non-hydrogen) atoms. The first-order valence-corrected chi connectivity index (χ1v) is 7.92. The summed E-state index contributed by atoms with van der Waals surface area (Å²) in [7, 11) is -3.63. The van der Waals surface area contributed by atoms with Crippen LogP contribution in [0.4, 0.5) is 0 Å². The molecule has 1 saturated heterocycles. The van der Waals surface area contributed by atoms with Crippen molar-refractivity contribution in [3.63, 3.8) is 0 Å². The lowest BCUT2D eigenvalue weighted by molar-refractivity contribution is -0.0304. The molecular formula is C12H16N2O4S2. The molecule has 1 aliphatic rings. The molecule has 1 fully saturated rings. The number of ether oxygens (including phenoxy) is 1. The minimum atomic E-state index is -3.63. The largest absolute Gasteiger partial charge is 0.394 e. The van der Waals surface area contributed by atoms with E-state index in [0.717, 1.165) is 0 Å². The molecule has 1 atom stereocenters. The Kier molecular flexibility index (Phi) is 4.71. The third-order valence-electron chi connectivity index (χ3n) is 3.06. The molecule has 1 aromatic carbocycles. The van der Waals surface area contributed by atoms with E-state index in [1.807, 2.05) is 0 Å². The maximum Gasteiger partial charge on any atom is 0.243 e. The van der Waals surface area contributed by atoms with Crippen LogP contribution in [0.25, 0.3) is 0 Å². The SMILES string of the molecule is NC(=S)c1cccc(S(=O)(=O)N2CCOC(CO)C2)c1. The van der Waals surface area contributed by atoms with Gasteiger partial charge in [0, 0.05) is 18.7 Å². The summed E-state index contributed by atoms with van der Waals surface area (Å²) in [5, 5.41) is 9.08. The molecule has 1 aliphatic heterocycles. The Hall–Kier alpha value is -1.06. The second-order valence-electron chi connectivity index (χ2n) is 4.43. The normalized spacial score (nSPS) is 20.8. The molecule has 0 bridgehead atoms. The Bertz CT molecular complexity index is 603. The van der Waals surface area contributed by atoms with Crippen LogP contribution in [0.2, 0.25) is 0 Å².